The Morgan fingerprint density at radius 2 is 1.80 bits per heavy atom. The van der Waals surface area contributed by atoms with Crippen molar-refractivity contribution >= 4 is 28.2 Å². The molecule has 30 heavy (non-hydrogen) atoms. The average Bonchev–Trinajstić information content (AvgIpc) is 2.74. The molecule has 4 rings (SSSR count). The van der Waals surface area contributed by atoms with E-state index >= 15 is 0 Å². The van der Waals surface area contributed by atoms with Crippen LogP contribution in [0.5, 0.6) is 0 Å². The van der Waals surface area contributed by atoms with Crippen molar-refractivity contribution in [1.29, 1.82) is 0 Å². The molecule has 0 aliphatic heterocycles. The van der Waals surface area contributed by atoms with E-state index in [0.29, 0.717) is 16.9 Å². The molecule has 2 N–H and O–H groups in total. The summed E-state index contributed by atoms with van der Waals surface area (Å²) in [5.74, 6) is 0.364. The fourth-order valence-corrected chi connectivity index (χ4v) is 3.38. The minimum absolute atomic E-state index is 0.164. The van der Waals surface area contributed by atoms with Gasteiger partial charge in [-0.1, -0.05) is 6.07 Å². The van der Waals surface area contributed by atoms with Crippen molar-refractivity contribution in [2.45, 2.75) is 20.8 Å². The molecule has 7 nitrogen and oxygen atoms in total. The van der Waals surface area contributed by atoms with Crippen molar-refractivity contribution < 1.29 is 0 Å². The van der Waals surface area contributed by atoms with Crippen LogP contribution >= 0.6 is 0 Å². The first-order valence-electron chi connectivity index (χ1n) is 9.87. The highest BCUT2D eigenvalue weighted by molar-refractivity contribution is 5.84. The van der Waals surface area contributed by atoms with Gasteiger partial charge in [-0.25, -0.2) is 9.97 Å². The quantitative estimate of drug-likeness (QED) is 0.523. The third-order valence-corrected chi connectivity index (χ3v) is 5.04. The van der Waals surface area contributed by atoms with Gasteiger partial charge in [0.2, 0.25) is 5.95 Å². The van der Waals surface area contributed by atoms with E-state index < -0.39 is 0 Å². The SMILES string of the molecule is CCNc1ccc(C)c(-c2cc3cnc(Nc4ccc(C)nc4)nc3c(=O)n2C)c1. The number of hydrogen-bond donors (Lipinski definition) is 2. The lowest BCUT2D eigenvalue weighted by atomic mass is 10.0. The zero-order chi connectivity index (χ0) is 21.3. The molecule has 1 aromatic carbocycles. The van der Waals surface area contributed by atoms with E-state index in [9.17, 15) is 4.79 Å². The van der Waals surface area contributed by atoms with Crippen LogP contribution in [0.3, 0.4) is 0 Å². The van der Waals surface area contributed by atoms with Gasteiger partial charge >= 0.3 is 0 Å². The summed E-state index contributed by atoms with van der Waals surface area (Å²) in [7, 11) is 1.77. The first-order chi connectivity index (χ1) is 14.5. The summed E-state index contributed by atoms with van der Waals surface area (Å²) in [6.07, 6.45) is 3.39. The van der Waals surface area contributed by atoms with E-state index in [4.69, 9.17) is 0 Å². The number of nitrogens with one attached hydrogen (secondary N) is 2. The Balaban J connectivity index is 1.78. The predicted molar refractivity (Wildman–Crippen MR) is 121 cm³/mol. The summed E-state index contributed by atoms with van der Waals surface area (Å²) in [4.78, 5) is 26.2. The second kappa shape index (κ2) is 7.94. The number of benzene rings is 1. The maximum absolute atomic E-state index is 13.1. The minimum atomic E-state index is -0.164. The van der Waals surface area contributed by atoms with Crippen molar-refractivity contribution in [1.82, 2.24) is 19.5 Å². The molecule has 0 saturated heterocycles. The number of nitrogens with zero attached hydrogens (tertiary/aromatic N) is 4. The Morgan fingerprint density at radius 1 is 1.00 bits per heavy atom. The largest absolute Gasteiger partial charge is 0.385 e. The van der Waals surface area contributed by atoms with Crippen molar-refractivity contribution in [3.8, 4) is 11.3 Å². The molecule has 0 saturated carbocycles. The highest BCUT2D eigenvalue weighted by atomic mass is 16.1. The molecule has 0 radical (unpaired) electrons. The van der Waals surface area contributed by atoms with Gasteiger partial charge in [0.15, 0.2) is 0 Å². The molecule has 3 heterocycles. The van der Waals surface area contributed by atoms with Crippen LogP contribution in [0.4, 0.5) is 17.3 Å². The molecular formula is C23H24N6O. The molecular weight excluding hydrogens is 376 g/mol. The molecule has 0 fully saturated rings. The van der Waals surface area contributed by atoms with E-state index in [0.717, 1.165) is 40.4 Å². The van der Waals surface area contributed by atoms with Crippen LogP contribution in [0.2, 0.25) is 0 Å². The van der Waals surface area contributed by atoms with E-state index in [1.54, 1.807) is 24.0 Å². The summed E-state index contributed by atoms with van der Waals surface area (Å²) in [6, 6.07) is 11.9. The van der Waals surface area contributed by atoms with Crippen LogP contribution in [0.25, 0.3) is 22.2 Å². The van der Waals surface area contributed by atoms with Crippen LogP contribution in [0.15, 0.2) is 53.6 Å². The average molecular weight is 400 g/mol. The summed E-state index contributed by atoms with van der Waals surface area (Å²) in [5.41, 5.74) is 5.85. The van der Waals surface area contributed by atoms with Gasteiger partial charge in [0.1, 0.15) is 5.52 Å². The van der Waals surface area contributed by atoms with Gasteiger partial charge in [0.05, 0.1) is 17.6 Å². The molecule has 0 unspecified atom stereocenters. The number of aromatic nitrogens is 4. The molecule has 0 aliphatic rings. The third-order valence-electron chi connectivity index (χ3n) is 5.04. The maximum atomic E-state index is 13.1. The van der Waals surface area contributed by atoms with Crippen LogP contribution in [0.1, 0.15) is 18.2 Å². The lowest BCUT2D eigenvalue weighted by molar-refractivity contribution is 0.877. The molecule has 7 heteroatoms. The highest BCUT2D eigenvalue weighted by Gasteiger charge is 2.13. The lowest BCUT2D eigenvalue weighted by Gasteiger charge is -2.14. The smallest absolute Gasteiger partial charge is 0.277 e. The van der Waals surface area contributed by atoms with E-state index in [1.165, 1.54) is 0 Å². The third kappa shape index (κ3) is 3.74. The second-order valence-electron chi connectivity index (χ2n) is 7.26. The van der Waals surface area contributed by atoms with Gasteiger partial charge in [0.25, 0.3) is 5.56 Å². The normalized spacial score (nSPS) is 10.9. The van der Waals surface area contributed by atoms with Gasteiger partial charge in [-0.3, -0.25) is 9.78 Å². The fourth-order valence-electron chi connectivity index (χ4n) is 3.38. The standard InChI is InChI=1S/C23H24N6O/c1-5-24-17-8-6-14(2)19(11-17)20-10-16-12-26-23(28-21(16)22(30)29(20)4)27-18-9-7-15(3)25-13-18/h6-13,24H,5H2,1-4H3,(H,26,27,28). The maximum Gasteiger partial charge on any atom is 0.277 e. The fraction of sp³-hybridized carbons (Fsp3) is 0.217. The van der Waals surface area contributed by atoms with Gasteiger partial charge in [-0.15, -0.1) is 0 Å². The number of hydrogen-bond acceptors (Lipinski definition) is 6. The van der Waals surface area contributed by atoms with Crippen molar-refractivity contribution in [2.75, 3.05) is 17.2 Å². The van der Waals surface area contributed by atoms with Crippen LogP contribution < -0.4 is 16.2 Å². The lowest BCUT2D eigenvalue weighted by Crippen LogP contribution is -2.20. The first-order valence-corrected chi connectivity index (χ1v) is 9.87. The Hall–Kier alpha value is -3.74. The van der Waals surface area contributed by atoms with Gasteiger partial charge < -0.3 is 15.2 Å². The van der Waals surface area contributed by atoms with Crippen LogP contribution in [-0.4, -0.2) is 26.1 Å². The zero-order valence-electron chi connectivity index (χ0n) is 17.5. The van der Waals surface area contributed by atoms with Crippen molar-refractivity contribution in [3.05, 3.63) is 70.4 Å². The molecule has 4 aromatic rings. The predicted octanol–water partition coefficient (Wildman–Crippen LogP) is 4.18. The number of fused-ring (bicyclic) bond motifs is 1. The molecule has 3 aromatic heterocycles. The van der Waals surface area contributed by atoms with Gasteiger partial charge in [-0.2, -0.15) is 0 Å². The first kappa shape index (κ1) is 19.6. The molecule has 0 aliphatic carbocycles. The molecule has 0 atom stereocenters. The minimum Gasteiger partial charge on any atom is -0.385 e. The molecule has 152 valence electrons. The van der Waals surface area contributed by atoms with Crippen molar-refractivity contribution in [3.63, 3.8) is 0 Å². The number of pyridine rings is 2. The molecule has 0 spiro atoms. The summed E-state index contributed by atoms with van der Waals surface area (Å²) in [6.45, 7) is 6.85. The number of anilines is 3. The Kier molecular flexibility index (Phi) is 5.18. The summed E-state index contributed by atoms with van der Waals surface area (Å²) < 4.78 is 1.64. The molecule has 0 amide bonds. The van der Waals surface area contributed by atoms with Crippen molar-refractivity contribution in [2.24, 2.45) is 7.05 Å². The zero-order valence-corrected chi connectivity index (χ0v) is 17.5. The van der Waals surface area contributed by atoms with Gasteiger partial charge in [0, 0.05) is 42.1 Å². The Morgan fingerprint density at radius 3 is 2.53 bits per heavy atom. The van der Waals surface area contributed by atoms with Crippen LogP contribution in [-0.2, 0) is 7.05 Å². The Labute approximate surface area is 174 Å². The number of rotatable bonds is 5. The Bertz CT molecular complexity index is 1280. The van der Waals surface area contributed by atoms with E-state index in [-0.39, 0.29) is 5.56 Å². The van der Waals surface area contributed by atoms with Gasteiger partial charge in [-0.05, 0) is 56.7 Å². The second-order valence-corrected chi connectivity index (χ2v) is 7.26. The topological polar surface area (TPSA) is 84.7 Å². The summed E-state index contributed by atoms with van der Waals surface area (Å²) in [5, 5.41) is 7.13. The van der Waals surface area contributed by atoms with E-state index in [1.807, 2.05) is 38.1 Å². The molecule has 0 bridgehead atoms. The number of aryl methyl sites for hydroxylation is 2. The monoisotopic (exact) mass is 400 g/mol. The van der Waals surface area contributed by atoms with E-state index in [2.05, 4.69) is 44.6 Å². The highest BCUT2D eigenvalue weighted by Crippen LogP contribution is 2.27. The summed E-state index contributed by atoms with van der Waals surface area (Å²) >= 11 is 0. The van der Waals surface area contributed by atoms with Crippen LogP contribution in [0, 0.1) is 13.8 Å².